The first-order valence-electron chi connectivity index (χ1n) is 6.00. The van der Waals surface area contributed by atoms with Gasteiger partial charge in [-0.3, -0.25) is 4.79 Å². The topological polar surface area (TPSA) is 75.4 Å². The highest BCUT2D eigenvalue weighted by molar-refractivity contribution is 5.86. The van der Waals surface area contributed by atoms with Crippen molar-refractivity contribution in [2.24, 2.45) is 5.73 Å². The molecule has 0 aromatic rings. The fraction of sp³-hybridized carbons (Fsp3) is 0.818. The van der Waals surface area contributed by atoms with Gasteiger partial charge in [-0.05, 0) is 19.3 Å². The first-order valence-corrected chi connectivity index (χ1v) is 6.00. The van der Waals surface area contributed by atoms with Gasteiger partial charge in [0.1, 0.15) is 6.04 Å². The van der Waals surface area contributed by atoms with Crippen LogP contribution in [0, 0.1) is 0 Å². The molecule has 0 aromatic heterocycles. The van der Waals surface area contributed by atoms with E-state index in [0.29, 0.717) is 19.5 Å². The molecule has 3 amide bonds. The number of rotatable bonds is 5. The summed E-state index contributed by atoms with van der Waals surface area (Å²) in [5.74, 6) is -0.402. The third-order valence-electron chi connectivity index (χ3n) is 2.90. The lowest BCUT2D eigenvalue weighted by Gasteiger charge is -2.22. The molecule has 0 aliphatic carbocycles. The number of unbranched alkanes of at least 4 members (excludes halogenated alkanes) is 2. The molecule has 0 spiro atoms. The minimum atomic E-state index is -0.411. The van der Waals surface area contributed by atoms with Crippen LogP contribution in [0.3, 0.4) is 0 Å². The molecule has 0 bridgehead atoms. The Kier molecular flexibility index (Phi) is 5.08. The Morgan fingerprint density at radius 1 is 1.44 bits per heavy atom. The van der Waals surface area contributed by atoms with Crippen molar-refractivity contribution in [3.63, 3.8) is 0 Å². The van der Waals surface area contributed by atoms with Gasteiger partial charge in [0, 0.05) is 13.1 Å². The van der Waals surface area contributed by atoms with Crippen molar-refractivity contribution in [1.82, 2.24) is 10.2 Å². The molecule has 1 aliphatic rings. The molecule has 1 aliphatic heterocycles. The Bertz CT molecular complexity index is 256. The number of primary amides is 1. The van der Waals surface area contributed by atoms with Gasteiger partial charge in [0.15, 0.2) is 0 Å². The highest BCUT2D eigenvalue weighted by Gasteiger charge is 2.32. The molecule has 1 atom stereocenters. The van der Waals surface area contributed by atoms with Gasteiger partial charge in [-0.25, -0.2) is 4.79 Å². The Morgan fingerprint density at radius 3 is 2.81 bits per heavy atom. The Morgan fingerprint density at radius 2 is 2.19 bits per heavy atom. The number of nitrogens with one attached hydrogen (secondary N) is 1. The maximum Gasteiger partial charge on any atom is 0.318 e. The van der Waals surface area contributed by atoms with E-state index in [2.05, 4.69) is 12.2 Å². The predicted molar refractivity (Wildman–Crippen MR) is 61.8 cm³/mol. The lowest BCUT2D eigenvalue weighted by atomic mass is 10.2. The maximum atomic E-state index is 11.7. The Hall–Kier alpha value is -1.26. The van der Waals surface area contributed by atoms with Crippen molar-refractivity contribution in [3.8, 4) is 0 Å². The Labute approximate surface area is 96.4 Å². The second kappa shape index (κ2) is 6.35. The summed E-state index contributed by atoms with van der Waals surface area (Å²) >= 11 is 0. The van der Waals surface area contributed by atoms with Crippen LogP contribution in [-0.2, 0) is 4.79 Å². The summed E-state index contributed by atoms with van der Waals surface area (Å²) in [6.07, 6.45) is 4.77. The van der Waals surface area contributed by atoms with E-state index in [4.69, 9.17) is 5.73 Å². The zero-order valence-electron chi connectivity index (χ0n) is 9.87. The smallest absolute Gasteiger partial charge is 0.318 e. The van der Waals surface area contributed by atoms with Gasteiger partial charge in [-0.2, -0.15) is 0 Å². The summed E-state index contributed by atoms with van der Waals surface area (Å²) in [6.45, 7) is 3.42. The van der Waals surface area contributed by atoms with Gasteiger partial charge in [0.05, 0.1) is 0 Å². The third kappa shape index (κ3) is 3.40. The molecule has 3 N–H and O–H groups in total. The SMILES string of the molecule is CCCCCNC(=O)N1CCCC1C(N)=O. The van der Waals surface area contributed by atoms with E-state index in [1.807, 2.05) is 0 Å². The maximum absolute atomic E-state index is 11.7. The van der Waals surface area contributed by atoms with Gasteiger partial charge >= 0.3 is 6.03 Å². The highest BCUT2D eigenvalue weighted by atomic mass is 16.2. The quantitative estimate of drug-likeness (QED) is 0.683. The first-order chi connectivity index (χ1) is 7.66. The van der Waals surface area contributed by atoms with Crippen molar-refractivity contribution in [3.05, 3.63) is 0 Å². The number of likely N-dealkylation sites (tertiary alicyclic amines) is 1. The van der Waals surface area contributed by atoms with Crippen LogP contribution in [0.25, 0.3) is 0 Å². The van der Waals surface area contributed by atoms with E-state index in [1.165, 1.54) is 0 Å². The van der Waals surface area contributed by atoms with E-state index in [9.17, 15) is 9.59 Å². The lowest BCUT2D eigenvalue weighted by Crippen LogP contribution is -2.48. The second-order valence-electron chi connectivity index (χ2n) is 4.19. The van der Waals surface area contributed by atoms with Crippen molar-refractivity contribution < 1.29 is 9.59 Å². The molecule has 16 heavy (non-hydrogen) atoms. The van der Waals surface area contributed by atoms with Gasteiger partial charge in [-0.1, -0.05) is 19.8 Å². The van der Waals surface area contributed by atoms with Crippen molar-refractivity contribution in [1.29, 1.82) is 0 Å². The average Bonchev–Trinajstić information content (AvgIpc) is 2.73. The predicted octanol–water partition coefficient (Wildman–Crippen LogP) is 0.836. The van der Waals surface area contributed by atoms with Crippen molar-refractivity contribution in [2.45, 2.75) is 45.1 Å². The van der Waals surface area contributed by atoms with Gasteiger partial charge in [0.25, 0.3) is 0 Å². The standard InChI is InChI=1S/C11H21N3O2/c1-2-3-4-7-13-11(16)14-8-5-6-9(14)10(12)15/h9H,2-8H2,1H3,(H2,12,15)(H,13,16). The van der Waals surface area contributed by atoms with Crippen LogP contribution in [0.5, 0.6) is 0 Å². The zero-order chi connectivity index (χ0) is 12.0. The summed E-state index contributed by atoms with van der Waals surface area (Å²) in [7, 11) is 0. The molecule has 5 nitrogen and oxygen atoms in total. The van der Waals surface area contributed by atoms with E-state index in [0.717, 1.165) is 25.7 Å². The number of nitrogens with zero attached hydrogens (tertiary/aromatic N) is 1. The number of urea groups is 1. The van der Waals surface area contributed by atoms with Gasteiger partial charge < -0.3 is 16.0 Å². The van der Waals surface area contributed by atoms with Crippen LogP contribution in [-0.4, -0.2) is 36.0 Å². The van der Waals surface area contributed by atoms with Gasteiger partial charge in [-0.15, -0.1) is 0 Å². The number of amides is 3. The second-order valence-corrected chi connectivity index (χ2v) is 4.19. The van der Waals surface area contributed by atoms with E-state index in [-0.39, 0.29) is 6.03 Å². The Balaban J connectivity index is 2.32. The molecule has 1 rings (SSSR count). The van der Waals surface area contributed by atoms with Crippen molar-refractivity contribution >= 4 is 11.9 Å². The molecule has 5 heteroatoms. The van der Waals surface area contributed by atoms with Crippen LogP contribution >= 0.6 is 0 Å². The van der Waals surface area contributed by atoms with Crippen LogP contribution in [0.2, 0.25) is 0 Å². The van der Waals surface area contributed by atoms with Crippen LogP contribution in [0.15, 0.2) is 0 Å². The number of nitrogens with two attached hydrogens (primary N) is 1. The number of carbonyl (C=O) groups excluding carboxylic acids is 2. The zero-order valence-corrected chi connectivity index (χ0v) is 9.87. The van der Waals surface area contributed by atoms with Crippen LogP contribution < -0.4 is 11.1 Å². The molecular formula is C11H21N3O2. The summed E-state index contributed by atoms with van der Waals surface area (Å²) in [5, 5.41) is 2.82. The molecule has 0 aromatic carbocycles. The van der Waals surface area contributed by atoms with Gasteiger partial charge in [0.2, 0.25) is 5.91 Å². The van der Waals surface area contributed by atoms with Crippen LogP contribution in [0.1, 0.15) is 39.0 Å². The highest BCUT2D eigenvalue weighted by Crippen LogP contribution is 2.16. The fourth-order valence-electron chi connectivity index (χ4n) is 1.98. The molecule has 0 saturated carbocycles. The molecule has 1 heterocycles. The summed E-state index contributed by atoms with van der Waals surface area (Å²) in [4.78, 5) is 24.4. The molecule has 1 fully saturated rings. The molecule has 92 valence electrons. The summed E-state index contributed by atoms with van der Waals surface area (Å²) in [6, 6.07) is -0.566. The van der Waals surface area contributed by atoms with Crippen molar-refractivity contribution in [2.75, 3.05) is 13.1 Å². The largest absolute Gasteiger partial charge is 0.368 e. The molecular weight excluding hydrogens is 206 g/mol. The summed E-state index contributed by atoms with van der Waals surface area (Å²) in [5.41, 5.74) is 5.24. The average molecular weight is 227 g/mol. The lowest BCUT2D eigenvalue weighted by molar-refractivity contribution is -0.121. The number of hydrogen-bond donors (Lipinski definition) is 2. The molecule has 1 saturated heterocycles. The molecule has 1 unspecified atom stereocenters. The summed E-state index contributed by atoms with van der Waals surface area (Å²) < 4.78 is 0. The minimum Gasteiger partial charge on any atom is -0.368 e. The third-order valence-corrected chi connectivity index (χ3v) is 2.90. The number of carbonyl (C=O) groups is 2. The normalized spacial score (nSPS) is 19.8. The number of hydrogen-bond acceptors (Lipinski definition) is 2. The minimum absolute atomic E-state index is 0.155. The molecule has 0 radical (unpaired) electrons. The van der Waals surface area contributed by atoms with E-state index >= 15 is 0 Å². The van der Waals surface area contributed by atoms with E-state index in [1.54, 1.807) is 4.90 Å². The fourth-order valence-corrected chi connectivity index (χ4v) is 1.98. The monoisotopic (exact) mass is 227 g/mol. The van der Waals surface area contributed by atoms with E-state index < -0.39 is 11.9 Å². The van der Waals surface area contributed by atoms with Crippen LogP contribution in [0.4, 0.5) is 4.79 Å². The first kappa shape index (κ1) is 12.8.